The highest BCUT2D eigenvalue weighted by atomic mass is 32.1. The molecule has 532 valence electrons. The van der Waals surface area contributed by atoms with Crippen LogP contribution in [0.1, 0.15) is 0 Å². The van der Waals surface area contributed by atoms with Crippen LogP contribution in [0.4, 0.5) is 0 Å². The summed E-state index contributed by atoms with van der Waals surface area (Å²) in [6.45, 7) is 0. The molecule has 0 atom stereocenters. The molecule has 0 fully saturated rings. The average Bonchev–Trinajstić information content (AvgIpc) is 1.56. The Bertz CT molecular complexity index is 7380. The highest BCUT2D eigenvalue weighted by molar-refractivity contribution is 7.25. The molecule has 8 aromatic heterocycles. The zero-order valence-corrected chi connectivity index (χ0v) is 61.7. The first-order valence-corrected chi connectivity index (χ1v) is 38.9. The molecule has 114 heavy (non-hydrogen) atoms. The fraction of sp³-hybridized carbons (Fsp3) is 0. The molecule has 0 aliphatic carbocycles. The maximum Gasteiger partial charge on any atom is 0.164 e. The Kier molecular flexibility index (Phi) is 14.9. The lowest BCUT2D eigenvalue weighted by Crippen LogP contribution is -2.00. The van der Waals surface area contributed by atoms with Crippen LogP contribution in [0.3, 0.4) is 0 Å². The third-order valence-electron chi connectivity index (χ3n) is 22.1. The lowest BCUT2D eigenvalue weighted by molar-refractivity contribution is 0.665. The van der Waals surface area contributed by atoms with Gasteiger partial charge in [0, 0.05) is 113 Å². The Hall–Kier alpha value is -15.2. The van der Waals surface area contributed by atoms with Crippen LogP contribution in [-0.4, -0.2) is 39.0 Å². The molecule has 0 unspecified atom stereocenters. The molecule has 0 aliphatic rings. The van der Waals surface area contributed by atoms with Crippen LogP contribution in [0.5, 0.6) is 0 Å². The monoisotopic (exact) mass is 1480 g/mol. The summed E-state index contributed by atoms with van der Waals surface area (Å²) in [6.07, 6.45) is 0. The molecule has 24 aromatic rings. The summed E-state index contributed by atoms with van der Waals surface area (Å²) in [6, 6.07) is 126. The topological polar surface area (TPSA) is 127 Å². The Morgan fingerprint density at radius 3 is 1.04 bits per heavy atom. The molecule has 24 rings (SSSR count). The lowest BCUT2D eigenvalue weighted by atomic mass is 9.99. The lowest BCUT2D eigenvalue weighted by Gasteiger charge is -2.12. The van der Waals surface area contributed by atoms with Crippen LogP contribution in [0.15, 0.2) is 377 Å². The highest BCUT2D eigenvalue weighted by Crippen LogP contribution is 2.49. The minimum Gasteiger partial charge on any atom is -0.456 e. The summed E-state index contributed by atoms with van der Waals surface area (Å²) in [7, 11) is 0. The molecule has 0 amide bonds. The Morgan fingerprint density at radius 2 is 0.570 bits per heavy atom. The van der Waals surface area contributed by atoms with E-state index in [4.69, 9.17) is 43.2 Å². The number of nitrogens with zero attached hydrogens (tertiary/aromatic N) is 8. The highest BCUT2D eigenvalue weighted by Gasteiger charge is 2.28. The van der Waals surface area contributed by atoms with Crippen LogP contribution >= 0.6 is 11.3 Å². The number of hydrogen-bond donors (Lipinski definition) is 0. The number of fused-ring (bicyclic) bond motifs is 18. The van der Waals surface area contributed by atoms with E-state index >= 15 is 0 Å². The first-order valence-electron chi connectivity index (χ1n) is 38.0. The van der Waals surface area contributed by atoms with Crippen LogP contribution < -0.4 is 0 Å². The van der Waals surface area contributed by atoms with Gasteiger partial charge in [-0.05, 0) is 101 Å². The van der Waals surface area contributed by atoms with Crippen molar-refractivity contribution in [2.45, 2.75) is 0 Å². The summed E-state index contributed by atoms with van der Waals surface area (Å²) in [5, 5.41) is 13.4. The van der Waals surface area contributed by atoms with Gasteiger partial charge in [-0.2, -0.15) is 0 Å². The van der Waals surface area contributed by atoms with Gasteiger partial charge in [0.1, 0.15) is 22.3 Å². The number of hydrogen-bond acceptors (Lipinski definition) is 10. The molecule has 0 saturated carbocycles. The summed E-state index contributed by atoms with van der Waals surface area (Å²) < 4.78 is 27.8. The van der Waals surface area contributed by atoms with Gasteiger partial charge in [0.15, 0.2) is 46.1 Å². The predicted molar refractivity (Wildman–Crippen MR) is 467 cm³/mol. The van der Waals surface area contributed by atoms with Crippen LogP contribution in [0.2, 0.25) is 0 Å². The van der Waals surface area contributed by atoms with E-state index in [-0.39, 0.29) is 0 Å². The van der Waals surface area contributed by atoms with Gasteiger partial charge in [-0.3, -0.25) is 0 Å². The largest absolute Gasteiger partial charge is 0.456 e. The first-order chi connectivity index (χ1) is 56.5. The van der Waals surface area contributed by atoms with E-state index in [2.05, 4.69) is 221 Å². The van der Waals surface area contributed by atoms with Crippen molar-refractivity contribution in [3.05, 3.63) is 364 Å². The van der Waals surface area contributed by atoms with Crippen LogP contribution in [-0.2, 0) is 0 Å². The third-order valence-corrected chi connectivity index (χ3v) is 23.2. The molecule has 0 spiro atoms. The van der Waals surface area contributed by atoms with Gasteiger partial charge < -0.3 is 22.4 Å². The summed E-state index contributed by atoms with van der Waals surface area (Å²) in [5.41, 5.74) is 20.9. The van der Waals surface area contributed by atoms with E-state index in [1.54, 1.807) is 0 Å². The summed E-state index contributed by atoms with van der Waals surface area (Å²) in [4.78, 5) is 30.5. The van der Waals surface area contributed by atoms with Gasteiger partial charge in [0.05, 0.1) is 33.4 Å². The third kappa shape index (κ3) is 10.6. The molecule has 0 N–H and O–H groups in total. The van der Waals surface area contributed by atoms with Crippen LogP contribution in [0, 0.1) is 0 Å². The molecule has 8 heterocycles. The number of para-hydroxylation sites is 3. The van der Waals surface area contributed by atoms with Crippen LogP contribution in [0.25, 0.3) is 232 Å². The molecule has 16 aromatic carbocycles. The van der Waals surface area contributed by atoms with Gasteiger partial charge in [-0.1, -0.05) is 279 Å². The van der Waals surface area contributed by atoms with Crippen molar-refractivity contribution in [3.63, 3.8) is 0 Å². The van der Waals surface area contributed by atoms with E-state index in [9.17, 15) is 0 Å². The van der Waals surface area contributed by atoms with Crippen molar-refractivity contribution >= 4 is 141 Å². The zero-order chi connectivity index (χ0) is 74.9. The molecule has 11 nitrogen and oxygen atoms in total. The predicted octanol–water partition coefficient (Wildman–Crippen LogP) is 27.3. The second-order valence-corrected chi connectivity index (χ2v) is 29.8. The van der Waals surface area contributed by atoms with E-state index < -0.39 is 0 Å². The Morgan fingerprint density at radius 1 is 0.202 bits per heavy atom. The fourth-order valence-electron chi connectivity index (χ4n) is 16.9. The molecule has 0 aliphatic heterocycles. The second-order valence-electron chi connectivity index (χ2n) is 28.7. The standard InChI is InChI=1S/C51H30N4O2.C51H30N4OS/c1-4-15-31(16-5-1)34-27-40-47-37(51-53-49(32-17-6-2-7-18-32)52-50(54-51)33-19-8-3-9-20-33)23-14-26-45(47)57-48(40)43(28-34)55-41-24-12-10-21-35(41)38-29-39-36-22-11-13-25-44(36)56-46(39)30-42(38)55;1-4-15-31(16-5-1)34-27-40-47-37(51-53-49(32-17-6-2-7-18-32)52-50(54-51)33-19-8-3-9-20-33)23-14-25-44(47)56-48(40)43(28-34)55-41-24-12-10-21-35(41)38-29-39-36-22-11-13-26-45(36)57-46(39)30-42(38)55/h2*1-30H. The number of thiophene rings is 1. The smallest absolute Gasteiger partial charge is 0.164 e. The molecule has 12 heteroatoms. The number of aromatic nitrogens is 8. The van der Waals surface area contributed by atoms with E-state index in [1.165, 1.54) is 30.9 Å². The molecule has 0 saturated heterocycles. The number of rotatable bonds is 10. The van der Waals surface area contributed by atoms with Crippen molar-refractivity contribution < 1.29 is 13.3 Å². The van der Waals surface area contributed by atoms with Gasteiger partial charge in [-0.25, -0.2) is 29.9 Å². The molecular formula is C102H60N8O3S. The van der Waals surface area contributed by atoms with Gasteiger partial charge >= 0.3 is 0 Å². The number of benzene rings is 16. The zero-order valence-electron chi connectivity index (χ0n) is 60.9. The van der Waals surface area contributed by atoms with Crippen molar-refractivity contribution in [1.82, 2.24) is 39.0 Å². The minimum absolute atomic E-state index is 0.576. The maximum atomic E-state index is 7.03. The second kappa shape index (κ2) is 26.2. The summed E-state index contributed by atoms with van der Waals surface area (Å²) >= 11 is 1.84. The van der Waals surface area contributed by atoms with Crippen molar-refractivity contribution in [2.75, 3.05) is 0 Å². The van der Waals surface area contributed by atoms with E-state index in [1.807, 2.05) is 163 Å². The van der Waals surface area contributed by atoms with Crippen molar-refractivity contribution in [2.24, 2.45) is 0 Å². The Balaban J connectivity index is 0.000000135. The molecule has 0 bridgehead atoms. The van der Waals surface area contributed by atoms with Gasteiger partial charge in [0.2, 0.25) is 0 Å². The minimum atomic E-state index is 0.576. The molecular weight excluding hydrogens is 1420 g/mol. The van der Waals surface area contributed by atoms with E-state index in [0.29, 0.717) is 34.9 Å². The van der Waals surface area contributed by atoms with E-state index in [0.717, 1.165) is 166 Å². The quantitative estimate of drug-likeness (QED) is 0.131. The Labute approximate surface area is 654 Å². The maximum absolute atomic E-state index is 7.03. The van der Waals surface area contributed by atoms with Gasteiger partial charge in [-0.15, -0.1) is 11.3 Å². The van der Waals surface area contributed by atoms with Gasteiger partial charge in [0.25, 0.3) is 0 Å². The van der Waals surface area contributed by atoms with Crippen molar-refractivity contribution in [1.29, 1.82) is 0 Å². The number of furan rings is 3. The molecule has 0 radical (unpaired) electrons. The first kappa shape index (κ1) is 64.7. The fourth-order valence-corrected chi connectivity index (χ4v) is 18.0. The normalized spacial score (nSPS) is 11.9. The van der Waals surface area contributed by atoms with Crippen molar-refractivity contribution in [3.8, 4) is 102 Å². The summed E-state index contributed by atoms with van der Waals surface area (Å²) in [5.74, 6) is 3.62. The SMILES string of the molecule is c1ccc(-c2cc(-n3c4ccccc4c4cc5c(cc43)oc3ccccc35)c3oc4cccc(-c5nc(-c6ccccc6)nc(-c6ccccc6)n5)c4c3c2)cc1.c1ccc(-c2cc(-n3c4ccccc4c4cc5c(cc43)sc3ccccc35)c3oc4cccc(-c5nc(-c6ccccc6)nc(-c6ccccc6)n5)c4c3c2)cc1. The average molecular weight is 1480 g/mol.